The van der Waals surface area contributed by atoms with Crippen molar-refractivity contribution in [3.63, 3.8) is 0 Å². The Morgan fingerprint density at radius 3 is 2.42 bits per heavy atom. The number of carbonyl (C=O) groups excluding carboxylic acids is 1. The molecule has 3 aromatic rings. The number of hydrogen-bond donors (Lipinski definition) is 0. The van der Waals surface area contributed by atoms with Crippen LogP contribution in [0, 0.1) is 6.92 Å². The molecule has 0 unspecified atom stereocenters. The Hall–Kier alpha value is -2.75. The molecule has 0 spiro atoms. The largest absolute Gasteiger partial charge is 0.292 e. The Balaban J connectivity index is 1.82. The molecule has 0 N–H and O–H groups in total. The number of ketones is 1. The summed E-state index contributed by atoms with van der Waals surface area (Å²) in [4.78, 5) is 17.1. The van der Waals surface area contributed by atoms with Gasteiger partial charge >= 0.3 is 0 Å². The van der Waals surface area contributed by atoms with Crippen LogP contribution in [0.2, 0.25) is 0 Å². The summed E-state index contributed by atoms with van der Waals surface area (Å²) in [5.41, 5.74) is 2.93. The maximum atomic E-state index is 12.6. The molecule has 2 aromatic carbocycles. The van der Waals surface area contributed by atoms with Gasteiger partial charge < -0.3 is 0 Å². The molecule has 3 rings (SSSR count). The van der Waals surface area contributed by atoms with Gasteiger partial charge in [0.05, 0.1) is 0 Å². The third-order valence-electron chi connectivity index (χ3n) is 3.92. The van der Waals surface area contributed by atoms with E-state index in [1.54, 1.807) is 4.68 Å². The van der Waals surface area contributed by atoms with Gasteiger partial charge in [-0.25, -0.2) is 9.67 Å². The van der Waals surface area contributed by atoms with Crippen LogP contribution in [0.3, 0.4) is 0 Å². The maximum absolute atomic E-state index is 12.6. The third kappa shape index (κ3) is 3.59. The average Bonchev–Trinajstić information content (AvgIpc) is 2.97. The molecule has 0 saturated carbocycles. The standard InChI is InChI=1S/C20H21N3O/c1-3-7-16-10-12-17(13-11-16)19(24)14-23-20(21-15(2)22-23)18-8-5-4-6-9-18/h4-6,8-13H,3,7,14H2,1-2H3. The summed E-state index contributed by atoms with van der Waals surface area (Å²) < 4.78 is 1.69. The average molecular weight is 319 g/mol. The molecule has 0 aliphatic heterocycles. The molecule has 1 heterocycles. The third-order valence-corrected chi connectivity index (χ3v) is 3.92. The summed E-state index contributed by atoms with van der Waals surface area (Å²) in [6.07, 6.45) is 2.14. The van der Waals surface area contributed by atoms with Crippen molar-refractivity contribution in [1.29, 1.82) is 0 Å². The molecule has 1 aromatic heterocycles. The van der Waals surface area contributed by atoms with Crippen molar-refractivity contribution in [2.75, 3.05) is 0 Å². The lowest BCUT2D eigenvalue weighted by Crippen LogP contribution is -2.13. The van der Waals surface area contributed by atoms with Gasteiger partial charge in [-0.1, -0.05) is 67.9 Å². The van der Waals surface area contributed by atoms with Gasteiger partial charge in [0.1, 0.15) is 12.4 Å². The minimum atomic E-state index is 0.0418. The molecule has 0 atom stereocenters. The first-order valence-corrected chi connectivity index (χ1v) is 8.26. The lowest BCUT2D eigenvalue weighted by atomic mass is 10.1. The molecular formula is C20H21N3O. The fourth-order valence-electron chi connectivity index (χ4n) is 2.74. The summed E-state index contributed by atoms with van der Waals surface area (Å²) >= 11 is 0. The van der Waals surface area contributed by atoms with Gasteiger partial charge in [-0.3, -0.25) is 4.79 Å². The van der Waals surface area contributed by atoms with Crippen molar-refractivity contribution in [2.24, 2.45) is 0 Å². The van der Waals surface area contributed by atoms with Gasteiger partial charge in [0.15, 0.2) is 11.6 Å². The maximum Gasteiger partial charge on any atom is 0.184 e. The summed E-state index contributed by atoms with van der Waals surface area (Å²) in [5, 5.41) is 4.38. The van der Waals surface area contributed by atoms with Crippen molar-refractivity contribution in [1.82, 2.24) is 14.8 Å². The van der Waals surface area contributed by atoms with E-state index in [0.29, 0.717) is 11.4 Å². The van der Waals surface area contributed by atoms with Crippen molar-refractivity contribution in [2.45, 2.75) is 33.2 Å². The summed E-state index contributed by atoms with van der Waals surface area (Å²) in [6.45, 7) is 4.18. The monoisotopic (exact) mass is 319 g/mol. The Morgan fingerprint density at radius 1 is 1.04 bits per heavy atom. The minimum Gasteiger partial charge on any atom is -0.292 e. The van der Waals surface area contributed by atoms with Crippen LogP contribution in [0.1, 0.15) is 35.1 Å². The quantitative estimate of drug-likeness (QED) is 0.643. The normalized spacial score (nSPS) is 10.8. The highest BCUT2D eigenvalue weighted by atomic mass is 16.1. The Morgan fingerprint density at radius 2 is 1.75 bits per heavy atom. The predicted molar refractivity (Wildman–Crippen MR) is 95.0 cm³/mol. The molecule has 0 saturated heterocycles. The van der Waals surface area contributed by atoms with Gasteiger partial charge in [-0.15, -0.1) is 0 Å². The van der Waals surface area contributed by atoms with E-state index in [1.807, 2.05) is 61.5 Å². The summed E-state index contributed by atoms with van der Waals surface area (Å²) in [7, 11) is 0. The molecule has 122 valence electrons. The molecule has 0 fully saturated rings. The zero-order valence-electron chi connectivity index (χ0n) is 14.1. The first-order chi connectivity index (χ1) is 11.7. The molecule has 4 heteroatoms. The molecule has 0 aliphatic rings. The minimum absolute atomic E-state index is 0.0418. The van der Waals surface area contributed by atoms with Gasteiger partial charge in [-0.2, -0.15) is 5.10 Å². The van der Waals surface area contributed by atoms with Crippen LogP contribution in [0.4, 0.5) is 0 Å². The Labute approximate surface area is 142 Å². The molecule has 0 radical (unpaired) electrons. The lowest BCUT2D eigenvalue weighted by Gasteiger charge is -2.06. The van der Waals surface area contributed by atoms with E-state index in [1.165, 1.54) is 5.56 Å². The van der Waals surface area contributed by atoms with Gasteiger partial charge in [0.25, 0.3) is 0 Å². The SMILES string of the molecule is CCCc1ccc(C(=O)Cn2nc(C)nc2-c2ccccc2)cc1. The number of hydrogen-bond acceptors (Lipinski definition) is 3. The molecule has 0 aliphatic carbocycles. The van der Waals surface area contributed by atoms with Crippen molar-refractivity contribution < 1.29 is 4.79 Å². The Bertz CT molecular complexity index is 820. The lowest BCUT2D eigenvalue weighted by molar-refractivity contribution is 0.0968. The predicted octanol–water partition coefficient (Wildman–Crippen LogP) is 4.09. The topological polar surface area (TPSA) is 47.8 Å². The number of nitrogens with zero attached hydrogens (tertiary/aromatic N) is 3. The number of aryl methyl sites for hydroxylation is 2. The zero-order chi connectivity index (χ0) is 16.9. The first-order valence-electron chi connectivity index (χ1n) is 8.26. The van der Waals surface area contributed by atoms with E-state index in [4.69, 9.17) is 0 Å². The number of rotatable bonds is 6. The highest BCUT2D eigenvalue weighted by Crippen LogP contribution is 2.17. The van der Waals surface area contributed by atoms with Crippen molar-refractivity contribution >= 4 is 5.78 Å². The second kappa shape index (κ2) is 7.21. The van der Waals surface area contributed by atoms with Gasteiger partial charge in [0, 0.05) is 11.1 Å². The number of aromatic nitrogens is 3. The number of Topliss-reactive ketones (excluding diaryl/α,β-unsaturated/α-hetero) is 1. The molecule has 0 amide bonds. The van der Waals surface area contributed by atoms with Crippen molar-refractivity contribution in [3.8, 4) is 11.4 Å². The van der Waals surface area contributed by atoms with E-state index in [0.717, 1.165) is 24.2 Å². The summed E-state index contributed by atoms with van der Waals surface area (Å²) in [6, 6.07) is 17.7. The number of carbonyl (C=O) groups is 1. The van der Waals surface area contributed by atoms with Crippen LogP contribution < -0.4 is 0 Å². The smallest absolute Gasteiger partial charge is 0.184 e. The van der Waals surface area contributed by atoms with Crippen LogP contribution in [0.15, 0.2) is 54.6 Å². The molecule has 24 heavy (non-hydrogen) atoms. The van der Waals surface area contributed by atoms with E-state index < -0.39 is 0 Å². The fourth-order valence-corrected chi connectivity index (χ4v) is 2.74. The first kappa shape index (κ1) is 16.1. The van der Waals surface area contributed by atoms with Crippen LogP contribution in [0.25, 0.3) is 11.4 Å². The molecule has 4 nitrogen and oxygen atoms in total. The van der Waals surface area contributed by atoms with Crippen LogP contribution in [0.5, 0.6) is 0 Å². The van der Waals surface area contributed by atoms with Crippen molar-refractivity contribution in [3.05, 3.63) is 71.5 Å². The Kier molecular flexibility index (Phi) is 4.85. The zero-order valence-corrected chi connectivity index (χ0v) is 14.1. The van der Waals surface area contributed by atoms with Crippen LogP contribution in [-0.2, 0) is 13.0 Å². The second-order valence-corrected chi connectivity index (χ2v) is 5.88. The van der Waals surface area contributed by atoms with E-state index >= 15 is 0 Å². The van der Waals surface area contributed by atoms with E-state index in [9.17, 15) is 4.79 Å². The van der Waals surface area contributed by atoms with Gasteiger partial charge in [-0.05, 0) is 18.9 Å². The van der Waals surface area contributed by atoms with Gasteiger partial charge in [0.2, 0.25) is 0 Å². The number of benzene rings is 2. The second-order valence-electron chi connectivity index (χ2n) is 5.88. The van der Waals surface area contributed by atoms with E-state index in [-0.39, 0.29) is 12.3 Å². The molecule has 0 bridgehead atoms. The summed E-state index contributed by atoms with van der Waals surface area (Å²) in [5.74, 6) is 1.43. The highest BCUT2D eigenvalue weighted by molar-refractivity contribution is 5.96. The van der Waals surface area contributed by atoms with Crippen LogP contribution >= 0.6 is 0 Å². The molecular weight excluding hydrogens is 298 g/mol. The van der Waals surface area contributed by atoms with E-state index in [2.05, 4.69) is 17.0 Å². The highest BCUT2D eigenvalue weighted by Gasteiger charge is 2.14. The fraction of sp³-hybridized carbons (Fsp3) is 0.250. The van der Waals surface area contributed by atoms with Crippen LogP contribution in [-0.4, -0.2) is 20.5 Å².